The van der Waals surface area contributed by atoms with Gasteiger partial charge in [-0.05, 0) is 80.0 Å². The Morgan fingerprint density at radius 2 is 1.59 bits per heavy atom. The molecule has 2 aromatic carbocycles. The number of aromatic nitrogens is 1. The van der Waals surface area contributed by atoms with E-state index in [9.17, 15) is 24.0 Å². The van der Waals surface area contributed by atoms with Crippen LogP contribution in [0.3, 0.4) is 0 Å². The van der Waals surface area contributed by atoms with E-state index in [2.05, 4.69) is 4.98 Å². The highest BCUT2D eigenvalue weighted by molar-refractivity contribution is 8.00. The number of thiazole rings is 1. The maximum Gasteiger partial charge on any atom is 0.344 e. The zero-order valence-corrected chi connectivity index (χ0v) is 25.7. The van der Waals surface area contributed by atoms with Crippen molar-refractivity contribution in [2.75, 3.05) is 24.7 Å². The molecule has 0 spiro atoms. The number of imide groups is 1. The molecule has 4 aliphatic rings. The minimum Gasteiger partial charge on any atom is -0.482 e. The predicted octanol–water partition coefficient (Wildman–Crippen LogP) is 4.23. The van der Waals surface area contributed by atoms with Crippen LogP contribution in [-0.4, -0.2) is 53.8 Å². The van der Waals surface area contributed by atoms with E-state index in [4.69, 9.17) is 14.2 Å². The average molecular weight is 635 g/mol. The van der Waals surface area contributed by atoms with Crippen LogP contribution in [0.15, 0.2) is 58.4 Å². The molecular weight excluding hydrogens is 604 g/mol. The molecule has 228 valence electrons. The highest BCUT2D eigenvalue weighted by Crippen LogP contribution is 2.68. The molecule has 44 heavy (non-hydrogen) atoms. The third-order valence-corrected chi connectivity index (χ3v) is 11.9. The number of carbonyl (C=O) groups is 4. The van der Waals surface area contributed by atoms with Crippen LogP contribution in [0.1, 0.15) is 47.0 Å². The lowest BCUT2D eigenvalue weighted by molar-refractivity contribution is -0.145. The van der Waals surface area contributed by atoms with Gasteiger partial charge in [-0.25, -0.2) is 9.59 Å². The first-order valence-corrected chi connectivity index (χ1v) is 16.4. The third kappa shape index (κ3) is 4.57. The molecule has 7 atom stereocenters. The molecule has 6 unspecified atom stereocenters. The average Bonchev–Trinajstić information content (AvgIpc) is 3.75. The summed E-state index contributed by atoms with van der Waals surface area (Å²) in [6.45, 7) is 3.82. The third-order valence-electron chi connectivity index (χ3n) is 9.26. The van der Waals surface area contributed by atoms with Gasteiger partial charge in [-0.3, -0.25) is 19.3 Å². The zero-order chi connectivity index (χ0) is 30.7. The van der Waals surface area contributed by atoms with Crippen molar-refractivity contribution >= 4 is 52.5 Å². The number of rotatable bonds is 8. The summed E-state index contributed by atoms with van der Waals surface area (Å²) in [7, 11) is 0. The Labute approximate surface area is 261 Å². The van der Waals surface area contributed by atoms with Crippen molar-refractivity contribution in [3.05, 3.63) is 74.2 Å². The molecule has 1 saturated heterocycles. The van der Waals surface area contributed by atoms with Crippen LogP contribution >= 0.6 is 23.1 Å². The number of ether oxygens (including phenoxy) is 3. The number of carbonyl (C=O) groups excluding carboxylic acids is 4. The van der Waals surface area contributed by atoms with Crippen LogP contribution in [0.25, 0.3) is 0 Å². The van der Waals surface area contributed by atoms with Crippen LogP contribution in [0.4, 0.5) is 5.69 Å². The molecule has 3 fully saturated rings. The second-order valence-electron chi connectivity index (χ2n) is 11.4. The minimum absolute atomic E-state index is 0.00788. The number of hydrogen-bond acceptors (Lipinski definition) is 10. The van der Waals surface area contributed by atoms with Gasteiger partial charge in [0.2, 0.25) is 11.8 Å². The van der Waals surface area contributed by atoms with Crippen molar-refractivity contribution in [2.45, 2.75) is 36.5 Å². The maximum absolute atomic E-state index is 14.0. The van der Waals surface area contributed by atoms with Crippen molar-refractivity contribution in [1.29, 1.82) is 0 Å². The van der Waals surface area contributed by atoms with Gasteiger partial charge in [0.1, 0.15) is 5.75 Å². The fourth-order valence-corrected chi connectivity index (χ4v) is 10.6. The molecule has 2 aliphatic carbocycles. The molecule has 2 aliphatic heterocycles. The summed E-state index contributed by atoms with van der Waals surface area (Å²) in [6, 6.07) is 13.9. The van der Waals surface area contributed by atoms with Crippen molar-refractivity contribution in [2.24, 2.45) is 29.6 Å². The first kappa shape index (κ1) is 28.8. The topological polar surface area (TPSA) is 132 Å². The van der Waals surface area contributed by atoms with Gasteiger partial charge in [-0.2, -0.15) is 0 Å². The number of benzene rings is 2. The molecule has 1 N–H and O–H groups in total. The van der Waals surface area contributed by atoms with Gasteiger partial charge >= 0.3 is 16.8 Å². The van der Waals surface area contributed by atoms with Crippen molar-refractivity contribution < 1.29 is 33.4 Å². The monoisotopic (exact) mass is 634 g/mol. The SMILES string of the molecule is CCOC(=O)COc1ccc([C@H]2c3sc(=O)[nH]c3SC3C4CC(C5C(=O)N(c6ccc(C(=O)OCC)cc6)C(=O)C45)C32)cc1. The summed E-state index contributed by atoms with van der Waals surface area (Å²) >= 11 is 2.83. The van der Waals surface area contributed by atoms with E-state index in [1.54, 1.807) is 49.9 Å². The Kier molecular flexibility index (Phi) is 7.36. The summed E-state index contributed by atoms with van der Waals surface area (Å²) in [5, 5.41) is 0.896. The first-order valence-electron chi connectivity index (χ1n) is 14.7. The van der Waals surface area contributed by atoms with Gasteiger partial charge in [0, 0.05) is 16.0 Å². The number of amides is 2. The van der Waals surface area contributed by atoms with E-state index < -0.39 is 23.8 Å². The standard InChI is InChI=1S/C32H30N2O8S2/c1-3-40-21(35)14-42-18-11-7-15(8-12-18)22-23-19-13-20(26(23)43-28-27(22)44-32(39)33-28)25-24(19)29(36)34(30(25)37)17-9-5-16(6-10-17)31(38)41-4-2/h5-12,19-20,22-26H,3-4,13-14H2,1-2H3,(H,33,39)/t19?,20?,22-,23?,24?,25?,26?/m1/s1. The van der Waals surface area contributed by atoms with Gasteiger partial charge in [0.05, 0.1) is 41.3 Å². The molecule has 2 amide bonds. The summed E-state index contributed by atoms with van der Waals surface area (Å²) in [5.41, 5.74) is 1.81. The number of aromatic amines is 1. The summed E-state index contributed by atoms with van der Waals surface area (Å²) in [4.78, 5) is 69.4. The number of fused-ring (bicyclic) bond motifs is 9. The second kappa shape index (κ2) is 11.2. The fourth-order valence-electron chi connectivity index (χ4n) is 7.72. The Hall–Kier alpha value is -3.90. The van der Waals surface area contributed by atoms with E-state index in [0.29, 0.717) is 17.0 Å². The van der Waals surface area contributed by atoms with E-state index >= 15 is 0 Å². The van der Waals surface area contributed by atoms with Crippen molar-refractivity contribution in [1.82, 2.24) is 4.98 Å². The summed E-state index contributed by atoms with van der Waals surface area (Å²) in [6.07, 6.45) is 0.779. The first-order chi connectivity index (χ1) is 21.3. The van der Waals surface area contributed by atoms with Crippen molar-refractivity contribution in [3.63, 3.8) is 0 Å². The van der Waals surface area contributed by atoms with Crippen LogP contribution < -0.4 is 14.5 Å². The number of esters is 2. The normalized spacial score (nSPS) is 28.0. The molecule has 2 bridgehead atoms. The van der Waals surface area contributed by atoms with Crippen LogP contribution in [0.2, 0.25) is 0 Å². The molecular formula is C32H30N2O8S2. The van der Waals surface area contributed by atoms with E-state index in [1.807, 2.05) is 24.3 Å². The molecule has 0 radical (unpaired) electrons. The lowest BCUT2D eigenvalue weighted by Crippen LogP contribution is -2.42. The van der Waals surface area contributed by atoms with Gasteiger partial charge in [-0.1, -0.05) is 23.5 Å². The lowest BCUT2D eigenvalue weighted by atomic mass is 9.68. The van der Waals surface area contributed by atoms with Crippen molar-refractivity contribution in [3.8, 4) is 5.75 Å². The number of anilines is 1. The van der Waals surface area contributed by atoms with Gasteiger partial charge < -0.3 is 19.2 Å². The Bertz CT molecular complexity index is 1700. The quantitative estimate of drug-likeness (QED) is 0.286. The Balaban J connectivity index is 1.18. The highest BCUT2D eigenvalue weighted by atomic mass is 32.2. The van der Waals surface area contributed by atoms with Crippen LogP contribution in [0, 0.1) is 29.6 Å². The van der Waals surface area contributed by atoms with Gasteiger partial charge in [0.15, 0.2) is 6.61 Å². The molecule has 7 rings (SSSR count). The molecule has 3 aromatic rings. The minimum atomic E-state index is -0.454. The Morgan fingerprint density at radius 1 is 0.909 bits per heavy atom. The molecule has 3 heterocycles. The molecule has 1 aromatic heterocycles. The predicted molar refractivity (Wildman–Crippen MR) is 162 cm³/mol. The summed E-state index contributed by atoms with van der Waals surface area (Å²) < 4.78 is 15.6. The van der Waals surface area contributed by atoms with E-state index in [-0.39, 0.29) is 65.4 Å². The zero-order valence-electron chi connectivity index (χ0n) is 24.0. The summed E-state index contributed by atoms with van der Waals surface area (Å²) in [5.74, 6) is -1.73. The largest absolute Gasteiger partial charge is 0.482 e. The maximum atomic E-state index is 14.0. The van der Waals surface area contributed by atoms with E-state index in [0.717, 1.165) is 21.9 Å². The lowest BCUT2D eigenvalue weighted by Gasteiger charge is -2.43. The smallest absolute Gasteiger partial charge is 0.344 e. The Morgan fingerprint density at radius 3 is 2.27 bits per heavy atom. The van der Waals surface area contributed by atoms with Crippen LogP contribution in [0.5, 0.6) is 5.75 Å². The fraction of sp³-hybridized carbons (Fsp3) is 0.406. The number of nitrogens with zero attached hydrogens (tertiary/aromatic N) is 1. The number of thioether (sulfide) groups is 1. The number of H-pyrrole nitrogens is 1. The highest BCUT2D eigenvalue weighted by Gasteiger charge is 2.69. The van der Waals surface area contributed by atoms with E-state index in [1.165, 1.54) is 16.2 Å². The number of hydrogen-bond donors (Lipinski definition) is 1. The van der Waals surface area contributed by atoms with Gasteiger partial charge in [0.25, 0.3) is 0 Å². The molecule has 12 heteroatoms. The van der Waals surface area contributed by atoms with Gasteiger partial charge in [-0.15, -0.1) is 11.8 Å². The number of nitrogens with one attached hydrogen (secondary N) is 1. The van der Waals surface area contributed by atoms with Crippen LogP contribution in [-0.2, 0) is 23.9 Å². The molecule has 2 saturated carbocycles. The second-order valence-corrected chi connectivity index (χ2v) is 13.6. The molecule has 10 nitrogen and oxygen atoms in total.